The number of benzene rings is 2. The first kappa shape index (κ1) is 24.3. The van der Waals surface area contributed by atoms with E-state index >= 15 is 0 Å². The highest BCUT2D eigenvalue weighted by Crippen LogP contribution is 2.31. The number of anilines is 1. The molecule has 1 N–H and O–H groups in total. The molecule has 0 spiro atoms. The molecule has 0 unspecified atom stereocenters. The first-order valence-corrected chi connectivity index (χ1v) is 12.6. The van der Waals surface area contributed by atoms with Gasteiger partial charge in [-0.25, -0.2) is 8.42 Å². The van der Waals surface area contributed by atoms with E-state index in [9.17, 15) is 13.2 Å². The molecular formula is C25H34N2O4S. The average Bonchev–Trinajstić information content (AvgIpc) is 2.77. The molecule has 0 bridgehead atoms. The Labute approximate surface area is 192 Å². The van der Waals surface area contributed by atoms with Gasteiger partial charge in [0.2, 0.25) is 10.0 Å². The predicted molar refractivity (Wildman–Crippen MR) is 128 cm³/mol. The summed E-state index contributed by atoms with van der Waals surface area (Å²) in [7, 11) is -1.89. The van der Waals surface area contributed by atoms with E-state index in [1.165, 1.54) is 10.7 Å². The number of amides is 1. The minimum atomic E-state index is -3.55. The zero-order chi connectivity index (χ0) is 23.4. The molecule has 3 rings (SSSR count). The van der Waals surface area contributed by atoms with E-state index in [0.717, 1.165) is 31.2 Å². The van der Waals surface area contributed by atoms with Gasteiger partial charge < -0.3 is 10.1 Å². The van der Waals surface area contributed by atoms with Gasteiger partial charge in [-0.15, -0.1) is 0 Å². The first-order valence-electron chi connectivity index (χ1n) is 11.2. The highest BCUT2D eigenvalue weighted by Gasteiger charge is 2.29. The van der Waals surface area contributed by atoms with Crippen molar-refractivity contribution in [3.8, 4) is 5.75 Å². The highest BCUT2D eigenvalue weighted by molar-refractivity contribution is 7.89. The number of sulfonamides is 1. The van der Waals surface area contributed by atoms with E-state index in [2.05, 4.69) is 26.1 Å². The number of ether oxygens (including phenoxy) is 1. The van der Waals surface area contributed by atoms with Crippen molar-refractivity contribution in [3.63, 3.8) is 0 Å². The minimum Gasteiger partial charge on any atom is -0.483 e. The smallest absolute Gasteiger partial charge is 0.262 e. The van der Waals surface area contributed by atoms with E-state index in [4.69, 9.17) is 4.74 Å². The SMILES string of the molecule is CN(C1CCCCC1)S(=O)(=O)c1ccc(NC(=O)COc2ccccc2C(C)(C)C)cc1. The Hall–Kier alpha value is -2.38. The number of nitrogens with zero attached hydrogens (tertiary/aromatic N) is 1. The minimum absolute atomic E-state index is 0.0567. The maximum absolute atomic E-state index is 13.0. The lowest BCUT2D eigenvalue weighted by Gasteiger charge is -2.30. The van der Waals surface area contributed by atoms with Crippen molar-refractivity contribution >= 4 is 21.6 Å². The molecular weight excluding hydrogens is 424 g/mol. The summed E-state index contributed by atoms with van der Waals surface area (Å²) in [4.78, 5) is 12.6. The molecule has 1 aliphatic rings. The lowest BCUT2D eigenvalue weighted by Crippen LogP contribution is -2.38. The molecule has 0 aromatic heterocycles. The summed E-state index contributed by atoms with van der Waals surface area (Å²) < 4.78 is 33.2. The number of hydrogen-bond acceptors (Lipinski definition) is 4. The van der Waals surface area contributed by atoms with Crippen LogP contribution in [0.2, 0.25) is 0 Å². The largest absolute Gasteiger partial charge is 0.483 e. The van der Waals surface area contributed by atoms with Crippen molar-refractivity contribution < 1.29 is 17.9 Å². The van der Waals surface area contributed by atoms with Crippen LogP contribution in [0.15, 0.2) is 53.4 Å². The molecule has 7 heteroatoms. The molecule has 6 nitrogen and oxygen atoms in total. The summed E-state index contributed by atoms with van der Waals surface area (Å²) in [5, 5.41) is 2.77. The molecule has 0 heterocycles. The van der Waals surface area contributed by atoms with Crippen LogP contribution in [0.3, 0.4) is 0 Å². The molecule has 0 aliphatic heterocycles. The van der Waals surface area contributed by atoms with Crippen LogP contribution in [-0.4, -0.2) is 38.3 Å². The number of rotatable bonds is 7. The third-order valence-corrected chi connectivity index (χ3v) is 7.88. The van der Waals surface area contributed by atoms with E-state index in [1.54, 1.807) is 31.3 Å². The third kappa shape index (κ3) is 5.90. The van der Waals surface area contributed by atoms with E-state index < -0.39 is 10.0 Å². The molecule has 1 fully saturated rings. The van der Waals surface area contributed by atoms with Gasteiger partial charge in [0.05, 0.1) is 4.90 Å². The van der Waals surface area contributed by atoms with Crippen LogP contribution in [0, 0.1) is 0 Å². The van der Waals surface area contributed by atoms with Crippen LogP contribution in [0.1, 0.15) is 58.4 Å². The lowest BCUT2D eigenvalue weighted by atomic mass is 9.86. The van der Waals surface area contributed by atoms with E-state index in [-0.39, 0.29) is 28.9 Å². The molecule has 0 radical (unpaired) electrons. The molecule has 1 aliphatic carbocycles. The van der Waals surface area contributed by atoms with Gasteiger partial charge in [0, 0.05) is 18.8 Å². The molecule has 32 heavy (non-hydrogen) atoms. The number of para-hydroxylation sites is 1. The van der Waals surface area contributed by atoms with Gasteiger partial charge in [0.25, 0.3) is 5.91 Å². The van der Waals surface area contributed by atoms with Crippen molar-refractivity contribution in [2.45, 2.75) is 69.2 Å². The Bertz CT molecular complexity index is 1020. The highest BCUT2D eigenvalue weighted by atomic mass is 32.2. The molecule has 2 aromatic rings. The maximum atomic E-state index is 13.0. The van der Waals surface area contributed by atoms with Gasteiger partial charge in [-0.2, -0.15) is 4.31 Å². The number of carbonyl (C=O) groups is 1. The average molecular weight is 459 g/mol. The van der Waals surface area contributed by atoms with Crippen LogP contribution in [-0.2, 0) is 20.2 Å². The third-order valence-electron chi connectivity index (χ3n) is 5.96. The summed E-state index contributed by atoms with van der Waals surface area (Å²) in [6, 6.07) is 14.1. The Morgan fingerprint density at radius 3 is 2.28 bits per heavy atom. The molecule has 1 saturated carbocycles. The lowest BCUT2D eigenvalue weighted by molar-refractivity contribution is -0.118. The molecule has 174 valence electrons. The Morgan fingerprint density at radius 1 is 1.03 bits per heavy atom. The van der Waals surface area contributed by atoms with Crippen molar-refractivity contribution in [1.82, 2.24) is 4.31 Å². The molecule has 2 aromatic carbocycles. The molecule has 0 atom stereocenters. The summed E-state index contributed by atoms with van der Waals surface area (Å²) in [5.41, 5.74) is 1.46. The number of carbonyl (C=O) groups excluding carboxylic acids is 1. The normalized spacial score (nSPS) is 15.5. The second-order valence-electron chi connectivity index (χ2n) is 9.42. The fourth-order valence-electron chi connectivity index (χ4n) is 4.07. The van der Waals surface area contributed by atoms with Gasteiger partial charge in [0.15, 0.2) is 6.61 Å². The fraction of sp³-hybridized carbons (Fsp3) is 0.480. The van der Waals surface area contributed by atoms with Gasteiger partial charge in [-0.3, -0.25) is 4.79 Å². The van der Waals surface area contributed by atoms with Gasteiger partial charge >= 0.3 is 0 Å². The standard InChI is InChI=1S/C25H34N2O4S/c1-25(2,3)22-12-8-9-13-23(22)31-18-24(28)26-19-14-16-21(17-15-19)32(29,30)27(4)20-10-6-5-7-11-20/h8-9,12-17,20H,5-7,10-11,18H2,1-4H3,(H,26,28). The van der Waals surface area contributed by atoms with Crippen LogP contribution in [0.25, 0.3) is 0 Å². The maximum Gasteiger partial charge on any atom is 0.262 e. The summed E-state index contributed by atoms with van der Waals surface area (Å²) in [6.07, 6.45) is 5.12. The summed E-state index contributed by atoms with van der Waals surface area (Å²) in [5.74, 6) is 0.381. The van der Waals surface area contributed by atoms with Crippen LogP contribution >= 0.6 is 0 Å². The van der Waals surface area contributed by atoms with Crippen molar-refractivity contribution in [2.75, 3.05) is 19.0 Å². The van der Waals surface area contributed by atoms with Crippen LogP contribution in [0.4, 0.5) is 5.69 Å². The Morgan fingerprint density at radius 2 is 1.66 bits per heavy atom. The van der Waals surface area contributed by atoms with Crippen LogP contribution in [0.5, 0.6) is 5.75 Å². The Balaban J connectivity index is 1.60. The number of nitrogens with one attached hydrogen (secondary N) is 1. The summed E-state index contributed by atoms with van der Waals surface area (Å²) in [6.45, 7) is 6.15. The van der Waals surface area contributed by atoms with Crippen LogP contribution < -0.4 is 10.1 Å². The second-order valence-corrected chi connectivity index (χ2v) is 11.4. The molecule has 0 saturated heterocycles. The van der Waals surface area contributed by atoms with Gasteiger partial charge in [0.1, 0.15) is 5.75 Å². The van der Waals surface area contributed by atoms with E-state index in [0.29, 0.717) is 11.4 Å². The topological polar surface area (TPSA) is 75.7 Å². The van der Waals surface area contributed by atoms with E-state index in [1.807, 2.05) is 24.3 Å². The van der Waals surface area contributed by atoms with Crippen molar-refractivity contribution in [3.05, 3.63) is 54.1 Å². The zero-order valence-corrected chi connectivity index (χ0v) is 20.2. The fourth-order valence-corrected chi connectivity index (χ4v) is 5.49. The van der Waals surface area contributed by atoms with Gasteiger partial charge in [-0.1, -0.05) is 58.2 Å². The first-order chi connectivity index (χ1) is 15.1. The summed E-state index contributed by atoms with van der Waals surface area (Å²) >= 11 is 0. The Kier molecular flexibility index (Phi) is 7.62. The zero-order valence-electron chi connectivity index (χ0n) is 19.4. The molecule has 1 amide bonds. The van der Waals surface area contributed by atoms with Crippen molar-refractivity contribution in [2.24, 2.45) is 0 Å². The van der Waals surface area contributed by atoms with Crippen molar-refractivity contribution in [1.29, 1.82) is 0 Å². The van der Waals surface area contributed by atoms with Gasteiger partial charge in [-0.05, 0) is 54.2 Å². The quantitative estimate of drug-likeness (QED) is 0.637. The monoisotopic (exact) mass is 458 g/mol. The predicted octanol–water partition coefficient (Wildman–Crippen LogP) is 4.95. The second kappa shape index (κ2) is 10.0. The number of hydrogen-bond donors (Lipinski definition) is 1.